The number of primary amides is 1. The summed E-state index contributed by atoms with van der Waals surface area (Å²) in [4.78, 5) is 13.2. The van der Waals surface area contributed by atoms with Gasteiger partial charge in [0, 0.05) is 18.5 Å². The monoisotopic (exact) mass is 184 g/mol. The van der Waals surface area contributed by atoms with Crippen molar-refractivity contribution in [1.29, 1.82) is 0 Å². The minimum Gasteiger partial charge on any atom is -0.369 e. The number of rotatable bonds is 3. The minimum absolute atomic E-state index is 0.0134. The lowest BCUT2D eigenvalue weighted by molar-refractivity contribution is -0.122. The number of hydrogen-bond donors (Lipinski definition) is 1. The largest absolute Gasteiger partial charge is 0.369 e. The van der Waals surface area contributed by atoms with Crippen molar-refractivity contribution in [3.05, 3.63) is 0 Å². The van der Waals surface area contributed by atoms with E-state index in [9.17, 15) is 4.79 Å². The standard InChI is InChI=1S/C10H20N2O/c1-8(10(11)13)7-12-6-4-3-5-9(12)2/h8-9H,3-7H2,1-2H3,(H2,11,13). The molecule has 0 radical (unpaired) electrons. The number of likely N-dealkylation sites (tertiary alicyclic amines) is 1. The number of nitrogens with zero attached hydrogens (tertiary/aromatic N) is 1. The van der Waals surface area contributed by atoms with Crippen molar-refractivity contribution in [3.8, 4) is 0 Å². The predicted octanol–water partition coefficient (Wildman–Crippen LogP) is 0.982. The van der Waals surface area contributed by atoms with Crippen LogP contribution >= 0.6 is 0 Å². The van der Waals surface area contributed by atoms with Gasteiger partial charge in [0.15, 0.2) is 0 Å². The lowest BCUT2D eigenvalue weighted by atomic mass is 10.0. The van der Waals surface area contributed by atoms with E-state index in [0.717, 1.165) is 13.1 Å². The van der Waals surface area contributed by atoms with E-state index in [1.165, 1.54) is 19.3 Å². The molecule has 3 heteroatoms. The average molecular weight is 184 g/mol. The molecule has 1 aliphatic rings. The molecule has 1 amide bonds. The molecule has 0 aromatic rings. The second-order valence-corrected chi connectivity index (χ2v) is 4.14. The fourth-order valence-electron chi connectivity index (χ4n) is 1.87. The zero-order valence-electron chi connectivity index (χ0n) is 8.62. The van der Waals surface area contributed by atoms with E-state index in [1.807, 2.05) is 6.92 Å². The van der Waals surface area contributed by atoms with Gasteiger partial charge in [0.05, 0.1) is 0 Å². The van der Waals surface area contributed by atoms with Gasteiger partial charge in [0.25, 0.3) is 0 Å². The van der Waals surface area contributed by atoms with Crippen LogP contribution in [-0.4, -0.2) is 29.9 Å². The van der Waals surface area contributed by atoms with Crippen molar-refractivity contribution in [3.63, 3.8) is 0 Å². The SMILES string of the molecule is CC(CN1CCCCC1C)C(N)=O. The molecule has 2 N–H and O–H groups in total. The number of carbonyl (C=O) groups excluding carboxylic acids is 1. The Morgan fingerprint density at radius 3 is 2.85 bits per heavy atom. The van der Waals surface area contributed by atoms with Gasteiger partial charge in [0.1, 0.15) is 0 Å². The molecule has 1 heterocycles. The van der Waals surface area contributed by atoms with E-state index in [2.05, 4.69) is 11.8 Å². The van der Waals surface area contributed by atoms with Crippen molar-refractivity contribution in [2.75, 3.05) is 13.1 Å². The van der Waals surface area contributed by atoms with Gasteiger partial charge in [-0.1, -0.05) is 13.3 Å². The Kier molecular flexibility index (Phi) is 3.72. The van der Waals surface area contributed by atoms with Crippen LogP contribution in [0.5, 0.6) is 0 Å². The zero-order chi connectivity index (χ0) is 9.84. The molecule has 0 bridgehead atoms. The first kappa shape index (κ1) is 10.5. The summed E-state index contributed by atoms with van der Waals surface area (Å²) in [5.41, 5.74) is 5.23. The van der Waals surface area contributed by atoms with Crippen molar-refractivity contribution >= 4 is 5.91 Å². The van der Waals surface area contributed by atoms with E-state index < -0.39 is 0 Å². The predicted molar refractivity (Wildman–Crippen MR) is 53.2 cm³/mol. The molecule has 13 heavy (non-hydrogen) atoms. The van der Waals surface area contributed by atoms with E-state index in [-0.39, 0.29) is 11.8 Å². The van der Waals surface area contributed by atoms with E-state index in [1.54, 1.807) is 0 Å². The lowest BCUT2D eigenvalue weighted by Crippen LogP contribution is -2.42. The van der Waals surface area contributed by atoms with Crippen molar-refractivity contribution in [1.82, 2.24) is 4.90 Å². The summed E-state index contributed by atoms with van der Waals surface area (Å²) in [5.74, 6) is -0.196. The first-order valence-corrected chi connectivity index (χ1v) is 5.14. The van der Waals surface area contributed by atoms with Crippen LogP contribution in [-0.2, 0) is 4.79 Å². The molecule has 1 fully saturated rings. The smallest absolute Gasteiger partial charge is 0.221 e. The van der Waals surface area contributed by atoms with Crippen LogP contribution in [0.15, 0.2) is 0 Å². The van der Waals surface area contributed by atoms with Gasteiger partial charge >= 0.3 is 0 Å². The maximum absolute atomic E-state index is 10.9. The molecule has 2 atom stereocenters. The number of nitrogens with two attached hydrogens (primary N) is 1. The quantitative estimate of drug-likeness (QED) is 0.710. The third-order valence-electron chi connectivity index (χ3n) is 2.93. The molecule has 0 aromatic heterocycles. The molecule has 1 saturated heterocycles. The summed E-state index contributed by atoms with van der Waals surface area (Å²) < 4.78 is 0. The normalized spacial score (nSPS) is 27.1. The number of hydrogen-bond acceptors (Lipinski definition) is 2. The molecule has 1 rings (SSSR count). The molecular formula is C10H20N2O. The van der Waals surface area contributed by atoms with Crippen LogP contribution in [0.1, 0.15) is 33.1 Å². The third-order valence-corrected chi connectivity index (χ3v) is 2.93. The number of carbonyl (C=O) groups is 1. The Balaban J connectivity index is 2.37. The molecule has 3 nitrogen and oxygen atoms in total. The van der Waals surface area contributed by atoms with Gasteiger partial charge in [-0.05, 0) is 26.3 Å². The van der Waals surface area contributed by atoms with Gasteiger partial charge in [-0.25, -0.2) is 0 Å². The highest BCUT2D eigenvalue weighted by molar-refractivity contribution is 5.76. The second kappa shape index (κ2) is 4.61. The summed E-state index contributed by atoms with van der Waals surface area (Å²) in [6.45, 7) is 6.09. The third kappa shape index (κ3) is 2.99. The van der Waals surface area contributed by atoms with Gasteiger partial charge < -0.3 is 5.73 Å². The van der Waals surface area contributed by atoms with E-state index in [0.29, 0.717) is 6.04 Å². The fourth-order valence-corrected chi connectivity index (χ4v) is 1.87. The Labute approximate surface area is 80.3 Å². The summed E-state index contributed by atoms with van der Waals surface area (Å²) in [5, 5.41) is 0. The van der Waals surface area contributed by atoms with E-state index >= 15 is 0 Å². The molecule has 2 unspecified atom stereocenters. The number of piperidine rings is 1. The van der Waals surface area contributed by atoms with Gasteiger partial charge in [-0.15, -0.1) is 0 Å². The Morgan fingerprint density at radius 1 is 1.62 bits per heavy atom. The highest BCUT2D eigenvalue weighted by Gasteiger charge is 2.21. The summed E-state index contributed by atoms with van der Waals surface area (Å²) in [7, 11) is 0. The molecule has 0 aromatic carbocycles. The first-order valence-electron chi connectivity index (χ1n) is 5.14. The van der Waals surface area contributed by atoms with Crippen LogP contribution < -0.4 is 5.73 Å². The van der Waals surface area contributed by atoms with Crippen LogP contribution in [0.25, 0.3) is 0 Å². The minimum atomic E-state index is -0.183. The van der Waals surface area contributed by atoms with Crippen LogP contribution in [0.4, 0.5) is 0 Å². The molecule has 0 saturated carbocycles. The molecule has 76 valence electrons. The van der Waals surface area contributed by atoms with Crippen LogP contribution in [0.3, 0.4) is 0 Å². The van der Waals surface area contributed by atoms with Crippen LogP contribution in [0, 0.1) is 5.92 Å². The summed E-state index contributed by atoms with van der Waals surface area (Å²) in [6, 6.07) is 0.621. The van der Waals surface area contributed by atoms with Gasteiger partial charge in [-0.2, -0.15) is 0 Å². The molecule has 1 aliphatic heterocycles. The van der Waals surface area contributed by atoms with Crippen molar-refractivity contribution in [2.24, 2.45) is 11.7 Å². The Hall–Kier alpha value is -0.570. The summed E-state index contributed by atoms with van der Waals surface area (Å²) in [6.07, 6.45) is 3.84. The number of amides is 1. The Bertz CT molecular complexity index is 182. The second-order valence-electron chi connectivity index (χ2n) is 4.14. The topological polar surface area (TPSA) is 46.3 Å². The lowest BCUT2D eigenvalue weighted by Gasteiger charge is -2.34. The van der Waals surface area contributed by atoms with Crippen molar-refractivity contribution < 1.29 is 4.79 Å². The maximum Gasteiger partial charge on any atom is 0.221 e. The van der Waals surface area contributed by atoms with E-state index in [4.69, 9.17) is 5.73 Å². The summed E-state index contributed by atoms with van der Waals surface area (Å²) >= 11 is 0. The molecular weight excluding hydrogens is 164 g/mol. The van der Waals surface area contributed by atoms with Gasteiger partial charge in [-0.3, -0.25) is 9.69 Å². The highest BCUT2D eigenvalue weighted by Crippen LogP contribution is 2.17. The fraction of sp³-hybridized carbons (Fsp3) is 0.900. The van der Waals surface area contributed by atoms with Crippen molar-refractivity contribution in [2.45, 2.75) is 39.2 Å². The van der Waals surface area contributed by atoms with Crippen LogP contribution in [0.2, 0.25) is 0 Å². The maximum atomic E-state index is 10.9. The average Bonchev–Trinajstić information content (AvgIpc) is 2.08. The zero-order valence-corrected chi connectivity index (χ0v) is 8.62. The highest BCUT2D eigenvalue weighted by atomic mass is 16.1. The Morgan fingerprint density at radius 2 is 2.31 bits per heavy atom. The van der Waals surface area contributed by atoms with Gasteiger partial charge in [0.2, 0.25) is 5.91 Å². The first-order chi connectivity index (χ1) is 6.11. The molecule has 0 aliphatic carbocycles. The molecule has 0 spiro atoms.